The van der Waals surface area contributed by atoms with Gasteiger partial charge in [-0.05, 0) is 31.0 Å². The number of amides is 3. The van der Waals surface area contributed by atoms with Crippen LogP contribution < -0.4 is 25.6 Å². The molecule has 0 atom stereocenters. The third-order valence-electron chi connectivity index (χ3n) is 3.88. The molecule has 1 aromatic rings. The molecule has 0 spiro atoms. The second-order valence-corrected chi connectivity index (χ2v) is 5.46. The number of carbonyl (C=O) groups excluding carboxylic acids is 2. The van der Waals surface area contributed by atoms with Crippen molar-refractivity contribution >= 4 is 11.9 Å². The molecule has 3 amide bonds. The minimum Gasteiger partial charge on any atom is -0.493 e. The first kappa shape index (κ1) is 16.9. The minimum absolute atomic E-state index is 0.182. The smallest absolute Gasteiger partial charge is 0.333 e. The highest BCUT2D eigenvalue weighted by Crippen LogP contribution is 2.27. The van der Waals surface area contributed by atoms with Gasteiger partial charge in [0.15, 0.2) is 11.5 Å². The number of ether oxygens (including phenoxy) is 2. The first-order chi connectivity index (χ1) is 11.1. The highest BCUT2D eigenvalue weighted by molar-refractivity contribution is 5.95. The summed E-state index contributed by atoms with van der Waals surface area (Å²) in [6.45, 7) is 0. The molecule has 1 aromatic carbocycles. The van der Waals surface area contributed by atoms with Crippen LogP contribution in [0.5, 0.6) is 11.5 Å². The number of hydrogen-bond donors (Lipinski definition) is 3. The quantitative estimate of drug-likeness (QED) is 0.740. The number of benzene rings is 1. The molecule has 23 heavy (non-hydrogen) atoms. The van der Waals surface area contributed by atoms with Gasteiger partial charge in [-0.2, -0.15) is 0 Å². The fourth-order valence-electron chi connectivity index (χ4n) is 2.63. The molecule has 0 aromatic heterocycles. The van der Waals surface area contributed by atoms with Gasteiger partial charge in [-0.3, -0.25) is 10.2 Å². The van der Waals surface area contributed by atoms with Crippen molar-refractivity contribution in [1.82, 2.24) is 16.2 Å². The first-order valence-corrected chi connectivity index (χ1v) is 7.73. The van der Waals surface area contributed by atoms with Crippen molar-refractivity contribution in [2.75, 3.05) is 14.2 Å². The van der Waals surface area contributed by atoms with E-state index in [1.54, 1.807) is 18.2 Å². The maximum absolute atomic E-state index is 12.1. The Morgan fingerprint density at radius 2 is 1.70 bits per heavy atom. The number of rotatable bonds is 4. The van der Waals surface area contributed by atoms with E-state index in [-0.39, 0.29) is 6.04 Å². The molecule has 126 valence electrons. The van der Waals surface area contributed by atoms with Crippen LogP contribution in [0.3, 0.4) is 0 Å². The third-order valence-corrected chi connectivity index (χ3v) is 3.88. The van der Waals surface area contributed by atoms with Crippen LogP contribution in [0.15, 0.2) is 18.2 Å². The summed E-state index contributed by atoms with van der Waals surface area (Å²) in [6, 6.07) is 4.56. The van der Waals surface area contributed by atoms with Gasteiger partial charge in [0.05, 0.1) is 14.2 Å². The summed E-state index contributed by atoms with van der Waals surface area (Å²) in [5.41, 5.74) is 5.11. The lowest BCUT2D eigenvalue weighted by Gasteiger charge is -2.22. The molecular formula is C16H23N3O4. The Hall–Kier alpha value is -2.44. The second-order valence-electron chi connectivity index (χ2n) is 5.46. The summed E-state index contributed by atoms with van der Waals surface area (Å²) >= 11 is 0. The number of carbonyl (C=O) groups is 2. The summed E-state index contributed by atoms with van der Waals surface area (Å²) in [6.07, 6.45) is 5.44. The molecule has 1 aliphatic carbocycles. The average Bonchev–Trinajstić information content (AvgIpc) is 2.59. The molecule has 2 rings (SSSR count). The van der Waals surface area contributed by atoms with Gasteiger partial charge in [-0.25, -0.2) is 10.2 Å². The van der Waals surface area contributed by atoms with Crippen molar-refractivity contribution in [3.8, 4) is 11.5 Å². The first-order valence-electron chi connectivity index (χ1n) is 7.73. The Labute approximate surface area is 135 Å². The summed E-state index contributed by atoms with van der Waals surface area (Å²) in [7, 11) is 3.02. The van der Waals surface area contributed by atoms with E-state index in [4.69, 9.17) is 9.47 Å². The van der Waals surface area contributed by atoms with E-state index in [2.05, 4.69) is 16.2 Å². The minimum atomic E-state index is -0.426. The standard InChI is InChI=1S/C16H23N3O4/c1-22-13-9-8-11(10-14(13)23-2)15(20)18-19-16(21)17-12-6-4-3-5-7-12/h8-10,12H,3-7H2,1-2H3,(H,18,20)(H2,17,19,21). The van der Waals surface area contributed by atoms with Gasteiger partial charge in [0.1, 0.15) is 0 Å². The molecule has 0 radical (unpaired) electrons. The summed E-state index contributed by atoms with van der Waals surface area (Å²) < 4.78 is 10.3. The fourth-order valence-corrected chi connectivity index (χ4v) is 2.63. The lowest BCUT2D eigenvalue weighted by Crippen LogP contribution is -2.50. The highest BCUT2D eigenvalue weighted by Gasteiger charge is 2.16. The Morgan fingerprint density at radius 3 is 2.35 bits per heavy atom. The van der Waals surface area contributed by atoms with Crippen molar-refractivity contribution in [2.45, 2.75) is 38.1 Å². The number of nitrogens with one attached hydrogen (secondary N) is 3. The van der Waals surface area contributed by atoms with Crippen molar-refractivity contribution in [2.24, 2.45) is 0 Å². The predicted molar refractivity (Wildman–Crippen MR) is 85.6 cm³/mol. The molecule has 1 saturated carbocycles. The second kappa shape index (κ2) is 8.26. The van der Waals surface area contributed by atoms with Gasteiger partial charge in [-0.15, -0.1) is 0 Å². The van der Waals surface area contributed by atoms with Crippen molar-refractivity contribution in [1.29, 1.82) is 0 Å². The van der Waals surface area contributed by atoms with Gasteiger partial charge in [0, 0.05) is 11.6 Å². The van der Waals surface area contributed by atoms with Crippen LogP contribution in [0, 0.1) is 0 Å². The Bertz CT molecular complexity index is 556. The zero-order chi connectivity index (χ0) is 16.7. The maximum Gasteiger partial charge on any atom is 0.333 e. The van der Waals surface area contributed by atoms with Crippen LogP contribution in [0.4, 0.5) is 4.79 Å². The SMILES string of the molecule is COc1ccc(C(=O)NNC(=O)NC2CCCCC2)cc1OC. The van der Waals surface area contributed by atoms with Crippen LogP contribution in [0.2, 0.25) is 0 Å². The van der Waals surface area contributed by atoms with Gasteiger partial charge >= 0.3 is 6.03 Å². The van der Waals surface area contributed by atoms with Crippen LogP contribution in [0.1, 0.15) is 42.5 Å². The Kier molecular flexibility index (Phi) is 6.08. The summed E-state index contributed by atoms with van der Waals surface area (Å²) in [4.78, 5) is 23.8. The van der Waals surface area contributed by atoms with Gasteiger partial charge in [-0.1, -0.05) is 19.3 Å². The molecule has 3 N–H and O–H groups in total. The number of hydrazine groups is 1. The molecule has 0 heterocycles. The molecule has 0 unspecified atom stereocenters. The normalized spacial score (nSPS) is 14.7. The van der Waals surface area contributed by atoms with Crippen molar-refractivity contribution < 1.29 is 19.1 Å². The summed E-state index contributed by atoms with van der Waals surface area (Å²) in [5.74, 6) is 0.559. The van der Waals surface area contributed by atoms with Crippen LogP contribution in [0.25, 0.3) is 0 Å². The number of urea groups is 1. The Morgan fingerprint density at radius 1 is 1.00 bits per heavy atom. The van der Waals surface area contributed by atoms with E-state index in [0.29, 0.717) is 17.1 Å². The topological polar surface area (TPSA) is 88.7 Å². The monoisotopic (exact) mass is 321 g/mol. The molecule has 7 nitrogen and oxygen atoms in total. The van der Waals surface area contributed by atoms with Crippen molar-refractivity contribution in [3.63, 3.8) is 0 Å². The zero-order valence-corrected chi connectivity index (χ0v) is 13.5. The lowest BCUT2D eigenvalue weighted by atomic mass is 9.96. The summed E-state index contributed by atoms with van der Waals surface area (Å²) in [5, 5.41) is 2.86. The molecule has 1 fully saturated rings. The van der Waals surface area contributed by atoms with Crippen molar-refractivity contribution in [3.05, 3.63) is 23.8 Å². The molecule has 0 aliphatic heterocycles. The van der Waals surface area contributed by atoms with E-state index >= 15 is 0 Å². The maximum atomic E-state index is 12.1. The predicted octanol–water partition coefficient (Wildman–Crippen LogP) is 1.98. The van der Waals surface area contributed by atoms with Crippen LogP contribution in [-0.2, 0) is 0 Å². The Balaban J connectivity index is 1.85. The molecule has 0 bridgehead atoms. The molecular weight excluding hydrogens is 298 g/mol. The van der Waals surface area contributed by atoms with E-state index in [9.17, 15) is 9.59 Å². The number of hydrogen-bond acceptors (Lipinski definition) is 4. The average molecular weight is 321 g/mol. The molecule has 0 saturated heterocycles. The van der Waals surface area contributed by atoms with Gasteiger partial charge < -0.3 is 14.8 Å². The molecule has 7 heteroatoms. The van der Waals surface area contributed by atoms with Gasteiger partial charge in [0.25, 0.3) is 5.91 Å². The number of methoxy groups -OCH3 is 2. The van der Waals surface area contributed by atoms with Crippen LogP contribution >= 0.6 is 0 Å². The van der Waals surface area contributed by atoms with E-state index < -0.39 is 11.9 Å². The zero-order valence-electron chi connectivity index (χ0n) is 13.5. The van der Waals surface area contributed by atoms with Crippen LogP contribution in [-0.4, -0.2) is 32.2 Å². The molecule has 1 aliphatic rings. The highest BCUT2D eigenvalue weighted by atomic mass is 16.5. The van der Waals surface area contributed by atoms with E-state index in [0.717, 1.165) is 25.7 Å². The largest absolute Gasteiger partial charge is 0.493 e. The van der Waals surface area contributed by atoms with E-state index in [1.165, 1.54) is 20.6 Å². The van der Waals surface area contributed by atoms with E-state index in [1.807, 2.05) is 0 Å². The fraction of sp³-hybridized carbons (Fsp3) is 0.500. The van der Waals surface area contributed by atoms with Gasteiger partial charge in [0.2, 0.25) is 0 Å². The third kappa shape index (κ3) is 4.77. The lowest BCUT2D eigenvalue weighted by molar-refractivity contribution is 0.0935.